The van der Waals surface area contributed by atoms with E-state index in [4.69, 9.17) is 0 Å². The molecule has 1 fully saturated rings. The summed E-state index contributed by atoms with van der Waals surface area (Å²) in [4.78, 5) is 17.1. The second-order valence-corrected chi connectivity index (χ2v) is 5.06. The van der Waals surface area contributed by atoms with Gasteiger partial charge < -0.3 is 10.2 Å². The quantitative estimate of drug-likeness (QED) is 0.649. The van der Waals surface area contributed by atoms with Crippen molar-refractivity contribution in [3.63, 3.8) is 0 Å². The van der Waals surface area contributed by atoms with Gasteiger partial charge in [0.2, 0.25) is 5.95 Å². The first-order chi connectivity index (χ1) is 10.1. The van der Waals surface area contributed by atoms with Gasteiger partial charge in [0.15, 0.2) is 5.82 Å². The number of H-pyrrole nitrogens is 1. The van der Waals surface area contributed by atoms with Crippen LogP contribution < -0.4 is 10.2 Å². The maximum Gasteiger partial charge on any atom is 0.280 e. The van der Waals surface area contributed by atoms with Crippen LogP contribution in [0.4, 0.5) is 11.6 Å². The number of aromatic nitrogens is 3. The standard InChI is InChI=1S/C13H16N6O2/c1-9-8-18(7-6-14-9)13-15-12(16-17-13)10-4-2-3-5-11(10)19(20)21/h2-5,9,14H,6-8H2,1H3,(H,15,16,17)/t9-/m0/s1. The molecule has 1 aliphatic heterocycles. The highest BCUT2D eigenvalue weighted by Crippen LogP contribution is 2.27. The van der Waals surface area contributed by atoms with E-state index in [0.29, 0.717) is 23.4 Å². The molecule has 0 bridgehead atoms. The lowest BCUT2D eigenvalue weighted by Crippen LogP contribution is -2.49. The van der Waals surface area contributed by atoms with Crippen molar-refractivity contribution >= 4 is 11.6 Å². The fourth-order valence-electron chi connectivity index (χ4n) is 2.46. The van der Waals surface area contributed by atoms with Gasteiger partial charge in [-0.1, -0.05) is 12.1 Å². The van der Waals surface area contributed by atoms with Crippen LogP contribution in [0.2, 0.25) is 0 Å². The van der Waals surface area contributed by atoms with Crippen LogP contribution in [-0.4, -0.2) is 45.8 Å². The van der Waals surface area contributed by atoms with Crippen LogP contribution in [-0.2, 0) is 0 Å². The Labute approximate surface area is 121 Å². The number of nitro benzene ring substituents is 1. The highest BCUT2D eigenvalue weighted by atomic mass is 16.6. The second kappa shape index (κ2) is 5.49. The predicted octanol–water partition coefficient (Wildman–Crippen LogP) is 1.18. The van der Waals surface area contributed by atoms with Gasteiger partial charge in [-0.05, 0) is 13.0 Å². The molecule has 3 rings (SSSR count). The van der Waals surface area contributed by atoms with Gasteiger partial charge in [-0.15, -0.1) is 5.10 Å². The Morgan fingerprint density at radius 3 is 3.00 bits per heavy atom. The minimum absolute atomic E-state index is 0.0221. The molecule has 0 unspecified atom stereocenters. The number of piperazine rings is 1. The van der Waals surface area contributed by atoms with Crippen molar-refractivity contribution in [1.29, 1.82) is 0 Å². The van der Waals surface area contributed by atoms with Crippen LogP contribution in [0, 0.1) is 10.1 Å². The molecule has 1 aliphatic rings. The number of hydrogen-bond donors (Lipinski definition) is 2. The number of para-hydroxylation sites is 1. The zero-order valence-corrected chi connectivity index (χ0v) is 11.6. The van der Waals surface area contributed by atoms with Gasteiger partial charge in [-0.2, -0.15) is 4.98 Å². The molecule has 0 aliphatic carbocycles. The SMILES string of the molecule is C[C@H]1CN(c2n[nH]c(-c3ccccc3[N+](=O)[O-])n2)CCN1. The summed E-state index contributed by atoms with van der Waals surface area (Å²) < 4.78 is 0. The Bertz CT molecular complexity index is 656. The molecular weight excluding hydrogens is 272 g/mol. The topological polar surface area (TPSA) is 100.0 Å². The molecule has 21 heavy (non-hydrogen) atoms. The molecule has 0 spiro atoms. The van der Waals surface area contributed by atoms with E-state index < -0.39 is 4.92 Å². The molecule has 1 saturated heterocycles. The number of anilines is 1. The normalized spacial score (nSPS) is 18.7. The summed E-state index contributed by atoms with van der Waals surface area (Å²) in [7, 11) is 0. The summed E-state index contributed by atoms with van der Waals surface area (Å²) in [6, 6.07) is 6.88. The van der Waals surface area contributed by atoms with Gasteiger partial charge in [0.25, 0.3) is 5.69 Å². The average molecular weight is 288 g/mol. The fraction of sp³-hybridized carbons (Fsp3) is 0.385. The van der Waals surface area contributed by atoms with E-state index in [1.54, 1.807) is 18.2 Å². The molecule has 1 atom stereocenters. The molecule has 2 N–H and O–H groups in total. The lowest BCUT2D eigenvalue weighted by molar-refractivity contribution is -0.384. The Morgan fingerprint density at radius 2 is 2.24 bits per heavy atom. The maximum absolute atomic E-state index is 11.1. The van der Waals surface area contributed by atoms with E-state index in [-0.39, 0.29) is 5.69 Å². The molecule has 8 nitrogen and oxygen atoms in total. The molecule has 0 radical (unpaired) electrons. The average Bonchev–Trinajstić information content (AvgIpc) is 2.97. The molecule has 0 saturated carbocycles. The third-order valence-corrected chi connectivity index (χ3v) is 3.48. The number of benzene rings is 1. The monoisotopic (exact) mass is 288 g/mol. The minimum Gasteiger partial charge on any atom is -0.337 e. The highest BCUT2D eigenvalue weighted by molar-refractivity contribution is 5.68. The van der Waals surface area contributed by atoms with Crippen LogP contribution >= 0.6 is 0 Å². The minimum atomic E-state index is -0.412. The summed E-state index contributed by atoms with van der Waals surface area (Å²) in [6.07, 6.45) is 0. The highest BCUT2D eigenvalue weighted by Gasteiger charge is 2.22. The first-order valence-corrected chi connectivity index (χ1v) is 6.79. The third kappa shape index (κ3) is 2.70. The summed E-state index contributed by atoms with van der Waals surface area (Å²) in [6.45, 7) is 4.60. The number of aromatic amines is 1. The van der Waals surface area contributed by atoms with E-state index in [1.165, 1.54) is 6.07 Å². The third-order valence-electron chi connectivity index (χ3n) is 3.48. The van der Waals surface area contributed by atoms with Gasteiger partial charge in [0.1, 0.15) is 0 Å². The molecule has 1 aromatic carbocycles. The van der Waals surface area contributed by atoms with Crippen LogP contribution in [0.5, 0.6) is 0 Å². The maximum atomic E-state index is 11.1. The molecular formula is C13H16N6O2. The van der Waals surface area contributed by atoms with E-state index in [0.717, 1.165) is 19.6 Å². The lowest BCUT2D eigenvalue weighted by Gasteiger charge is -2.30. The van der Waals surface area contributed by atoms with Gasteiger partial charge in [-0.25, -0.2) is 0 Å². The van der Waals surface area contributed by atoms with Crippen molar-refractivity contribution in [1.82, 2.24) is 20.5 Å². The second-order valence-electron chi connectivity index (χ2n) is 5.06. The van der Waals surface area contributed by atoms with E-state index >= 15 is 0 Å². The Morgan fingerprint density at radius 1 is 1.43 bits per heavy atom. The smallest absolute Gasteiger partial charge is 0.280 e. The molecule has 0 amide bonds. The van der Waals surface area contributed by atoms with E-state index in [2.05, 4.69) is 32.3 Å². The van der Waals surface area contributed by atoms with Crippen molar-refractivity contribution in [3.05, 3.63) is 34.4 Å². The van der Waals surface area contributed by atoms with Crippen LogP contribution in [0.3, 0.4) is 0 Å². The van der Waals surface area contributed by atoms with E-state index in [1.807, 2.05) is 0 Å². The van der Waals surface area contributed by atoms with Crippen molar-refractivity contribution in [2.75, 3.05) is 24.5 Å². The Hall–Kier alpha value is -2.48. The summed E-state index contributed by atoms with van der Waals surface area (Å²) >= 11 is 0. The lowest BCUT2D eigenvalue weighted by atomic mass is 10.2. The summed E-state index contributed by atoms with van der Waals surface area (Å²) in [5, 5.41) is 21.4. The van der Waals surface area contributed by atoms with Crippen LogP contribution in [0.1, 0.15) is 6.92 Å². The molecule has 110 valence electrons. The fourth-order valence-corrected chi connectivity index (χ4v) is 2.46. The van der Waals surface area contributed by atoms with Gasteiger partial charge in [-0.3, -0.25) is 15.2 Å². The number of hydrogen-bond acceptors (Lipinski definition) is 6. The van der Waals surface area contributed by atoms with Crippen molar-refractivity contribution in [2.45, 2.75) is 13.0 Å². The summed E-state index contributed by atoms with van der Waals surface area (Å²) in [5.41, 5.74) is 0.471. The number of nitrogens with zero attached hydrogens (tertiary/aromatic N) is 4. The van der Waals surface area contributed by atoms with Crippen molar-refractivity contribution in [2.24, 2.45) is 0 Å². The van der Waals surface area contributed by atoms with Crippen LogP contribution in [0.25, 0.3) is 11.4 Å². The zero-order valence-electron chi connectivity index (χ0n) is 11.6. The molecule has 1 aromatic heterocycles. The predicted molar refractivity (Wildman–Crippen MR) is 78.2 cm³/mol. The van der Waals surface area contributed by atoms with Crippen LogP contribution in [0.15, 0.2) is 24.3 Å². The first kappa shape index (κ1) is 13.5. The zero-order chi connectivity index (χ0) is 14.8. The molecule has 2 aromatic rings. The van der Waals surface area contributed by atoms with Gasteiger partial charge in [0, 0.05) is 31.7 Å². The number of nitro groups is 1. The Balaban J connectivity index is 1.90. The molecule has 2 heterocycles. The number of nitrogens with one attached hydrogen (secondary N) is 2. The first-order valence-electron chi connectivity index (χ1n) is 6.79. The van der Waals surface area contributed by atoms with Crippen molar-refractivity contribution < 1.29 is 4.92 Å². The van der Waals surface area contributed by atoms with Gasteiger partial charge >= 0.3 is 0 Å². The molecule has 8 heteroatoms. The van der Waals surface area contributed by atoms with Crippen molar-refractivity contribution in [3.8, 4) is 11.4 Å². The largest absolute Gasteiger partial charge is 0.337 e. The summed E-state index contributed by atoms with van der Waals surface area (Å²) in [5.74, 6) is 1.000. The van der Waals surface area contributed by atoms with E-state index in [9.17, 15) is 10.1 Å². The number of rotatable bonds is 3. The van der Waals surface area contributed by atoms with Gasteiger partial charge in [0.05, 0.1) is 10.5 Å². The Kier molecular flexibility index (Phi) is 3.53.